The first-order valence-electron chi connectivity index (χ1n) is 10.3. The molecule has 7 nitrogen and oxygen atoms in total. The molecule has 11 heteroatoms. The van der Waals surface area contributed by atoms with Gasteiger partial charge in [0.05, 0.1) is 18.2 Å². The Balaban J connectivity index is 1.56. The fraction of sp³-hybridized carbons (Fsp3) is 0.409. The molecule has 0 unspecified atom stereocenters. The molecule has 2 atom stereocenters. The summed E-state index contributed by atoms with van der Waals surface area (Å²) in [6.07, 6.45) is 1.83. The molecule has 3 heterocycles. The number of fused-ring (bicyclic) bond motifs is 2. The van der Waals surface area contributed by atoms with E-state index in [1.807, 2.05) is 6.92 Å². The quantitative estimate of drug-likeness (QED) is 0.396. The highest BCUT2D eigenvalue weighted by molar-refractivity contribution is 8.13. The van der Waals surface area contributed by atoms with E-state index >= 15 is 0 Å². The number of aromatic hydroxyl groups is 1. The fourth-order valence-electron chi connectivity index (χ4n) is 4.04. The van der Waals surface area contributed by atoms with Crippen LogP contribution < -0.4 is 5.43 Å². The third-order valence-corrected chi connectivity index (χ3v) is 7.31. The van der Waals surface area contributed by atoms with Crippen molar-refractivity contribution in [1.82, 2.24) is 9.47 Å². The summed E-state index contributed by atoms with van der Waals surface area (Å²) in [6, 6.07) is 2.32. The first-order valence-corrected chi connectivity index (χ1v) is 11.7. The smallest absolute Gasteiger partial charge is 0.276 e. The minimum Gasteiger partial charge on any atom is -0.503 e. The number of halogens is 3. The lowest BCUT2D eigenvalue weighted by molar-refractivity contribution is -0.112. The van der Waals surface area contributed by atoms with Crippen LogP contribution in [0.2, 0.25) is 5.02 Å². The maximum absolute atomic E-state index is 14.3. The summed E-state index contributed by atoms with van der Waals surface area (Å²) in [5, 5.41) is 10.5. The molecule has 1 saturated heterocycles. The maximum Gasteiger partial charge on any atom is 0.276 e. The van der Waals surface area contributed by atoms with Crippen LogP contribution >= 0.6 is 23.4 Å². The first-order chi connectivity index (χ1) is 15.7. The summed E-state index contributed by atoms with van der Waals surface area (Å²) in [4.78, 5) is 31.5. The van der Waals surface area contributed by atoms with Gasteiger partial charge in [0.15, 0.2) is 17.7 Å². The molecule has 0 radical (unpaired) electrons. The van der Waals surface area contributed by atoms with Gasteiger partial charge >= 0.3 is 0 Å². The molecule has 33 heavy (non-hydrogen) atoms. The Kier molecular flexibility index (Phi) is 6.78. The number of carbonyl (C=O) groups is 1. The van der Waals surface area contributed by atoms with Crippen molar-refractivity contribution < 1.29 is 23.4 Å². The molecule has 1 fully saturated rings. The van der Waals surface area contributed by atoms with Crippen molar-refractivity contribution in [2.45, 2.75) is 44.3 Å². The van der Waals surface area contributed by atoms with Crippen molar-refractivity contribution in [1.29, 1.82) is 0 Å². The lowest BCUT2D eigenvalue weighted by Gasteiger charge is -2.44. The number of aliphatic imine (C=N–C) groups is 1. The van der Waals surface area contributed by atoms with E-state index in [-0.39, 0.29) is 35.0 Å². The Labute approximate surface area is 198 Å². The molecule has 1 aromatic heterocycles. The normalized spacial score (nSPS) is 20.6. The van der Waals surface area contributed by atoms with Crippen molar-refractivity contribution >= 4 is 34.3 Å². The average molecular weight is 498 g/mol. The van der Waals surface area contributed by atoms with E-state index in [4.69, 9.17) is 16.3 Å². The van der Waals surface area contributed by atoms with E-state index in [1.165, 1.54) is 24.9 Å². The minimum absolute atomic E-state index is 0.0465. The summed E-state index contributed by atoms with van der Waals surface area (Å²) in [5.41, 5.74) is -0.244. The SMILES string of the molecule is CN=C(Cc1ccc(F)c(Cl)c1F)SCc1cn2c(c(O)c1=O)C(=O)N1[C@@H](C)CCO[C@@H]1C2. The van der Waals surface area contributed by atoms with Gasteiger partial charge in [-0.1, -0.05) is 17.7 Å². The highest BCUT2D eigenvalue weighted by atomic mass is 35.5. The molecule has 2 aromatic rings. The molecule has 4 rings (SSSR count). The number of carbonyl (C=O) groups excluding carboxylic acids is 1. The number of rotatable bonds is 4. The second-order valence-corrected chi connectivity index (χ2v) is 9.35. The number of hydrogen-bond acceptors (Lipinski definition) is 6. The minimum atomic E-state index is -0.852. The van der Waals surface area contributed by atoms with Crippen molar-refractivity contribution in [3.63, 3.8) is 0 Å². The van der Waals surface area contributed by atoms with E-state index in [2.05, 4.69) is 4.99 Å². The number of aromatic nitrogens is 1. The Morgan fingerprint density at radius 1 is 1.33 bits per heavy atom. The van der Waals surface area contributed by atoms with Gasteiger partial charge in [-0.15, -0.1) is 11.8 Å². The Hall–Kier alpha value is -2.43. The largest absolute Gasteiger partial charge is 0.503 e. The molecule has 2 aliphatic heterocycles. The summed E-state index contributed by atoms with van der Waals surface area (Å²) in [5.74, 6) is -2.60. The summed E-state index contributed by atoms with van der Waals surface area (Å²) >= 11 is 6.83. The van der Waals surface area contributed by atoms with Crippen LogP contribution in [0.4, 0.5) is 8.78 Å². The molecule has 1 N–H and O–H groups in total. The van der Waals surface area contributed by atoms with E-state index in [0.29, 0.717) is 24.6 Å². The van der Waals surface area contributed by atoms with Gasteiger partial charge < -0.3 is 19.3 Å². The van der Waals surface area contributed by atoms with Gasteiger partial charge in [0.1, 0.15) is 16.7 Å². The topological polar surface area (TPSA) is 84.1 Å². The van der Waals surface area contributed by atoms with E-state index < -0.39 is 40.0 Å². The van der Waals surface area contributed by atoms with Crippen molar-refractivity contribution in [2.75, 3.05) is 13.7 Å². The molecule has 2 aliphatic rings. The van der Waals surface area contributed by atoms with Crippen molar-refractivity contribution in [2.24, 2.45) is 4.99 Å². The van der Waals surface area contributed by atoms with E-state index in [1.54, 1.807) is 15.7 Å². The predicted molar refractivity (Wildman–Crippen MR) is 122 cm³/mol. The standard InChI is InChI=1S/C22H22ClF2N3O4S/c1-11-5-6-32-16-9-27-8-13(20(29)21(30)19(27)22(31)28(11)16)10-33-15(26-2)7-12-3-4-14(24)17(23)18(12)25/h3-4,8,11,16,30H,5-7,9-10H2,1-2H3/t11-,16+/m0/s1. The molecule has 0 bridgehead atoms. The van der Waals surface area contributed by atoms with Crippen LogP contribution in [0.1, 0.15) is 35.0 Å². The third kappa shape index (κ3) is 4.39. The van der Waals surface area contributed by atoms with Crippen molar-refractivity contribution in [3.8, 4) is 5.75 Å². The number of benzene rings is 1. The third-order valence-electron chi connectivity index (χ3n) is 5.85. The van der Waals surface area contributed by atoms with Gasteiger partial charge in [-0.3, -0.25) is 14.6 Å². The molecular weight excluding hydrogens is 476 g/mol. The summed E-state index contributed by atoms with van der Waals surface area (Å²) < 4.78 is 35.0. The lowest BCUT2D eigenvalue weighted by Crippen LogP contribution is -2.56. The molecule has 0 spiro atoms. The Bertz CT molecular complexity index is 1200. The average Bonchev–Trinajstić information content (AvgIpc) is 2.79. The zero-order valence-electron chi connectivity index (χ0n) is 18.0. The summed E-state index contributed by atoms with van der Waals surface area (Å²) in [6.45, 7) is 2.73. The van der Waals surface area contributed by atoms with Gasteiger partial charge in [0.2, 0.25) is 5.43 Å². The molecular formula is C22H22ClF2N3O4S. The van der Waals surface area contributed by atoms with Crippen LogP contribution in [0.5, 0.6) is 5.75 Å². The zero-order valence-corrected chi connectivity index (χ0v) is 19.6. The number of hydrogen-bond donors (Lipinski definition) is 1. The second-order valence-electron chi connectivity index (χ2n) is 7.93. The van der Waals surface area contributed by atoms with Crippen LogP contribution in [0.15, 0.2) is 28.1 Å². The highest BCUT2D eigenvalue weighted by Gasteiger charge is 2.40. The van der Waals surface area contributed by atoms with Crippen LogP contribution in [0.3, 0.4) is 0 Å². The number of pyridine rings is 1. The van der Waals surface area contributed by atoms with Crippen LogP contribution in [0.25, 0.3) is 0 Å². The predicted octanol–water partition coefficient (Wildman–Crippen LogP) is 3.58. The molecule has 1 aromatic carbocycles. The van der Waals surface area contributed by atoms with Gasteiger partial charge in [0, 0.05) is 37.0 Å². The maximum atomic E-state index is 14.3. The lowest BCUT2D eigenvalue weighted by atomic mass is 10.1. The highest BCUT2D eigenvalue weighted by Crippen LogP contribution is 2.30. The number of amides is 1. The summed E-state index contributed by atoms with van der Waals surface area (Å²) in [7, 11) is 1.53. The Morgan fingerprint density at radius 2 is 2.09 bits per heavy atom. The monoisotopic (exact) mass is 497 g/mol. The van der Waals surface area contributed by atoms with E-state index in [9.17, 15) is 23.5 Å². The number of thioether (sulfide) groups is 1. The van der Waals surface area contributed by atoms with Crippen LogP contribution in [0, 0.1) is 11.6 Å². The molecule has 176 valence electrons. The fourth-order valence-corrected chi connectivity index (χ4v) is 5.14. The van der Waals surface area contributed by atoms with Crippen LogP contribution in [-0.2, 0) is 23.5 Å². The van der Waals surface area contributed by atoms with E-state index in [0.717, 1.165) is 6.07 Å². The Morgan fingerprint density at radius 3 is 2.82 bits per heavy atom. The second kappa shape index (κ2) is 9.44. The van der Waals surface area contributed by atoms with Gasteiger partial charge in [-0.25, -0.2) is 8.78 Å². The first kappa shape index (κ1) is 23.7. The van der Waals surface area contributed by atoms with Crippen LogP contribution in [-0.4, -0.2) is 51.4 Å². The van der Waals surface area contributed by atoms with Crippen molar-refractivity contribution in [3.05, 3.63) is 62.0 Å². The molecule has 1 amide bonds. The van der Waals surface area contributed by atoms with Gasteiger partial charge in [0.25, 0.3) is 5.91 Å². The number of ether oxygens (including phenoxy) is 1. The number of nitrogens with zero attached hydrogens (tertiary/aromatic N) is 3. The molecule has 0 aliphatic carbocycles. The van der Waals surface area contributed by atoms with Gasteiger partial charge in [-0.2, -0.15) is 0 Å². The zero-order chi connectivity index (χ0) is 23.9. The molecule has 0 saturated carbocycles. The van der Waals surface area contributed by atoms with Gasteiger partial charge in [-0.05, 0) is 25.0 Å².